The lowest BCUT2D eigenvalue weighted by Crippen LogP contribution is -2.64. The zero-order valence-corrected chi connectivity index (χ0v) is 61.1. The maximum absolute atomic E-state index is 15.1. The van der Waals surface area contributed by atoms with Crippen LogP contribution in [0.25, 0.3) is 0 Å². The van der Waals surface area contributed by atoms with Gasteiger partial charge in [-0.05, 0) is 78.5 Å². The number of nitrogens with two attached hydrogens (primary N) is 2. The molecule has 14 unspecified atom stereocenters. The molecular weight excluding hydrogens is 1420 g/mol. The Balaban J connectivity index is 1.89. The molecule has 11 amide bonds. The van der Waals surface area contributed by atoms with Gasteiger partial charge in [-0.25, -0.2) is 4.79 Å². The van der Waals surface area contributed by atoms with Crippen LogP contribution in [0.15, 0.2) is 36.0 Å². The minimum absolute atomic E-state index is 0.110. The Bertz CT molecular complexity index is 3170. The van der Waals surface area contributed by atoms with E-state index in [4.69, 9.17) is 35.2 Å². The van der Waals surface area contributed by atoms with Crippen LogP contribution in [-0.4, -0.2) is 293 Å². The minimum atomic E-state index is -2.38. The van der Waals surface area contributed by atoms with Gasteiger partial charge < -0.3 is 139 Å². The van der Waals surface area contributed by atoms with Crippen LogP contribution >= 0.6 is 0 Å². The fraction of sp³-hybridized carbons (Fsp3) is 0.706. The number of amides is 11. The quantitative estimate of drug-likeness (QED) is 0.0187. The number of likely N-dealkylation sites (N-methyl/N-ethyl adjacent to an activating group) is 1. The van der Waals surface area contributed by atoms with E-state index in [2.05, 4.69) is 49.5 Å². The average Bonchev–Trinajstić information content (AvgIpc) is 0.872. The van der Waals surface area contributed by atoms with Crippen LogP contribution in [0.5, 0.6) is 5.75 Å². The third kappa shape index (κ3) is 27.8. The number of phenolic OH excluding ortho intramolecular Hbond substituents is 1. The normalized spacial score (nSPS) is 30.0. The summed E-state index contributed by atoms with van der Waals surface area (Å²) in [5.74, 6) is -15.9. The number of nitrogens with one attached hydrogen (secondary N) is 8. The van der Waals surface area contributed by atoms with Crippen LogP contribution in [-0.2, 0) is 87.6 Å². The van der Waals surface area contributed by atoms with Crippen molar-refractivity contribution in [2.45, 2.75) is 285 Å². The molecule has 0 saturated carbocycles. The molecule has 4 rings (SSSR count). The Morgan fingerprint density at radius 2 is 1.22 bits per heavy atom. The molecule has 23 atom stereocenters. The van der Waals surface area contributed by atoms with Crippen molar-refractivity contribution in [1.29, 1.82) is 0 Å². The van der Waals surface area contributed by atoms with Gasteiger partial charge in [-0.15, -0.1) is 0 Å². The Kier molecular flexibility index (Phi) is 37.8. The number of carbonyl (C=O) groups is 12. The molecule has 0 aliphatic carbocycles. The maximum atomic E-state index is 15.1. The van der Waals surface area contributed by atoms with Gasteiger partial charge in [0.25, 0.3) is 11.8 Å². The second kappa shape index (κ2) is 44.3. The van der Waals surface area contributed by atoms with Gasteiger partial charge in [-0.3, -0.25) is 52.7 Å². The van der Waals surface area contributed by atoms with Gasteiger partial charge in [0.1, 0.15) is 103 Å². The number of unbranched alkanes of at least 4 members (excludes halogenated alkanes) is 8. The Hall–Kier alpha value is -8.16. The molecule has 0 bridgehead atoms. The molecule has 3 aliphatic rings. The van der Waals surface area contributed by atoms with Gasteiger partial charge in [-0.1, -0.05) is 82.9 Å². The third-order valence-electron chi connectivity index (χ3n) is 18.3. The highest BCUT2D eigenvalue weighted by Crippen LogP contribution is 2.28. The van der Waals surface area contributed by atoms with Crippen molar-refractivity contribution in [2.75, 3.05) is 20.2 Å². The number of primary amides is 2. The number of benzene rings is 1. The predicted molar refractivity (Wildman–Crippen MR) is 370 cm³/mol. The van der Waals surface area contributed by atoms with E-state index in [-0.39, 0.29) is 17.7 Å². The van der Waals surface area contributed by atoms with Crippen LogP contribution in [0.3, 0.4) is 0 Å². The summed E-state index contributed by atoms with van der Waals surface area (Å²) in [5, 5.41) is 137. The number of hydrogen-bond donors (Lipinski definition) is 21. The van der Waals surface area contributed by atoms with Gasteiger partial charge in [0.15, 0.2) is 18.7 Å². The van der Waals surface area contributed by atoms with Crippen molar-refractivity contribution in [2.24, 2.45) is 11.5 Å². The highest BCUT2D eigenvalue weighted by molar-refractivity contribution is 6.02. The Morgan fingerprint density at radius 1 is 0.664 bits per heavy atom. The highest BCUT2D eigenvalue weighted by atomic mass is 16.7. The molecule has 604 valence electrons. The summed E-state index contributed by atoms with van der Waals surface area (Å²) in [5.41, 5.74) is 10.5. The van der Waals surface area contributed by atoms with E-state index in [0.29, 0.717) is 17.7 Å². The average molecular weight is 1530 g/mol. The zero-order chi connectivity index (χ0) is 80.3. The summed E-state index contributed by atoms with van der Waals surface area (Å²) < 4.78 is 28.7. The number of aliphatic hydroxyl groups excluding tert-OH is 10. The maximum Gasteiger partial charge on any atom is 0.329 e. The first kappa shape index (κ1) is 91.2. The molecular formula is C68H109N11O28. The molecule has 0 radical (unpaired) electrons. The van der Waals surface area contributed by atoms with Gasteiger partial charge in [0, 0.05) is 26.3 Å². The van der Waals surface area contributed by atoms with E-state index in [1.807, 2.05) is 0 Å². The molecule has 1 aromatic rings. The number of aliphatic hydroxyl groups is 10. The molecule has 39 nitrogen and oxygen atoms in total. The lowest BCUT2D eigenvalue weighted by molar-refractivity contribution is -0.312. The first-order valence-corrected chi connectivity index (χ1v) is 35.6. The van der Waals surface area contributed by atoms with Crippen molar-refractivity contribution in [3.05, 3.63) is 41.6 Å². The molecule has 0 aromatic heterocycles. The summed E-state index contributed by atoms with van der Waals surface area (Å²) in [6.45, 7) is 6.73. The molecule has 39 heteroatoms. The Labute approximate surface area is 617 Å². The minimum Gasteiger partial charge on any atom is -0.508 e. The molecule has 3 saturated heterocycles. The van der Waals surface area contributed by atoms with Crippen molar-refractivity contribution in [1.82, 2.24) is 47.4 Å². The second-order valence-corrected chi connectivity index (χ2v) is 26.9. The summed E-state index contributed by atoms with van der Waals surface area (Å²) >= 11 is 0. The fourth-order valence-electron chi connectivity index (χ4n) is 11.8. The summed E-state index contributed by atoms with van der Waals surface area (Å²) in [4.78, 5) is 171. The molecule has 23 N–H and O–H groups in total. The van der Waals surface area contributed by atoms with Gasteiger partial charge >= 0.3 is 5.97 Å². The standard InChI is InChI=1S/C68H109N11O28/c1-9-11-12-13-14-15-16-17-18-19-42(106-68-56(92)54(90)51(87)35(7)105-68)53(89)65(101)77-48(32(4)82)62(98)78-49-33(5)103-66(102)40(25-27-45(70)85)74-64(100)50(34(6)104-67-57(93)55(91)52(88)43(30-80)107-67)79(8)46(86)29-71-58(94)39(24-26-44(69)84)73-59(95)38(10-2)72-60(96)41(28-36-20-22-37(83)23-21-36)75-61(97)47(31(3)81)76-63(49)99/h10,20-23,31-35,39-43,47-57,67-68,80-83,87-93H,9,11-19,24-30H2,1-8H3,(H2,69,84)(H2,70,85)(H,71,94)(H,72,96)(H,73,95)(H,74,100)(H,75,97)(H,76,99)(H,77,101)(H,78,98)/b38-10-/t31?,32?,33?,34?,35-,39?,40?,41?,42?,43-,47?,48?,49?,50?,51-,52-,53?,54+,55+,56+,57+,67?,68-/m0/s1. The highest BCUT2D eigenvalue weighted by Gasteiger charge is 2.49. The number of phenols is 1. The SMILES string of the molecule is C/C=C1\NC(=O)C(Cc2ccc(O)cc2)NC(=O)C(C(C)O)NC(=O)C(NC(=O)C(NC(=O)C(O)C(CCCCCCCCCCC)O[C@@H]2O[C@@H](C)[C@H](O)[C@@H](O)[C@H]2O)C(C)O)C(C)OC(=O)C(CCC(N)=O)NC(=O)C(C(C)OC2O[C@@H](CO)[C@H](O)[C@@H](O)[C@H]2O)N(C)C(=O)CNC(=O)C(CCC(N)=O)NC1=O. The fourth-order valence-corrected chi connectivity index (χ4v) is 11.8. The summed E-state index contributed by atoms with van der Waals surface area (Å²) in [6, 6.07) is -9.40. The molecule has 107 heavy (non-hydrogen) atoms. The number of nitrogens with zero attached hydrogens (tertiary/aromatic N) is 1. The van der Waals surface area contributed by atoms with Crippen molar-refractivity contribution < 1.29 is 137 Å². The monoisotopic (exact) mass is 1530 g/mol. The predicted octanol–water partition coefficient (Wildman–Crippen LogP) is -7.26. The number of carbonyl (C=O) groups excluding carboxylic acids is 12. The molecule has 3 fully saturated rings. The summed E-state index contributed by atoms with van der Waals surface area (Å²) in [7, 11) is 0.969. The molecule has 1 aromatic carbocycles. The van der Waals surface area contributed by atoms with E-state index in [1.54, 1.807) is 0 Å². The third-order valence-corrected chi connectivity index (χ3v) is 18.3. The van der Waals surface area contributed by atoms with Crippen molar-refractivity contribution in [3.63, 3.8) is 0 Å². The first-order valence-electron chi connectivity index (χ1n) is 35.6. The van der Waals surface area contributed by atoms with E-state index < -0.39 is 262 Å². The first-order chi connectivity index (χ1) is 50.4. The number of cyclic esters (lactones) is 1. The lowest BCUT2D eigenvalue weighted by Gasteiger charge is -2.42. The van der Waals surface area contributed by atoms with Crippen LogP contribution in [0.4, 0.5) is 0 Å². The smallest absolute Gasteiger partial charge is 0.329 e. The van der Waals surface area contributed by atoms with Crippen LogP contribution < -0.4 is 54.0 Å². The summed E-state index contributed by atoms with van der Waals surface area (Å²) in [6.07, 6.45) is -24.1. The van der Waals surface area contributed by atoms with Gasteiger partial charge in [0.05, 0.1) is 43.7 Å². The number of hydrogen-bond acceptors (Lipinski definition) is 28. The Morgan fingerprint density at radius 3 is 1.79 bits per heavy atom. The number of rotatable bonds is 31. The molecule has 3 heterocycles. The second-order valence-electron chi connectivity index (χ2n) is 26.9. The van der Waals surface area contributed by atoms with Gasteiger partial charge in [-0.2, -0.15) is 0 Å². The molecule has 0 spiro atoms. The van der Waals surface area contributed by atoms with Crippen LogP contribution in [0, 0.1) is 0 Å². The van der Waals surface area contributed by atoms with E-state index in [1.165, 1.54) is 38.1 Å². The van der Waals surface area contributed by atoms with E-state index in [0.717, 1.165) is 85.8 Å². The number of allylic oxidation sites excluding steroid dienone is 1. The van der Waals surface area contributed by atoms with Crippen LogP contribution in [0.1, 0.15) is 144 Å². The van der Waals surface area contributed by atoms with E-state index >= 15 is 4.79 Å². The number of esters is 1. The largest absolute Gasteiger partial charge is 0.508 e. The zero-order valence-electron chi connectivity index (χ0n) is 61.1. The molecule has 3 aliphatic heterocycles. The number of aromatic hydroxyl groups is 1. The lowest BCUT2D eigenvalue weighted by atomic mass is 9.99. The van der Waals surface area contributed by atoms with Crippen molar-refractivity contribution >= 4 is 70.9 Å². The van der Waals surface area contributed by atoms with Crippen LogP contribution in [0.2, 0.25) is 0 Å². The topological polar surface area (TPSA) is 625 Å². The van der Waals surface area contributed by atoms with Crippen molar-refractivity contribution in [3.8, 4) is 5.75 Å². The van der Waals surface area contributed by atoms with E-state index in [9.17, 15) is 109 Å². The number of ether oxygens (including phenoxy) is 5. The van der Waals surface area contributed by atoms with Gasteiger partial charge in [0.2, 0.25) is 53.2 Å².